The van der Waals surface area contributed by atoms with E-state index in [-0.39, 0.29) is 37.3 Å². The highest BCUT2D eigenvalue weighted by molar-refractivity contribution is 7.17. The third-order valence-electron chi connectivity index (χ3n) is 5.57. The fourth-order valence-electron chi connectivity index (χ4n) is 4.10. The van der Waals surface area contributed by atoms with E-state index in [1.807, 2.05) is 0 Å². The summed E-state index contributed by atoms with van der Waals surface area (Å²) < 4.78 is 5.21. The molecule has 2 heterocycles. The second-order valence-electron chi connectivity index (χ2n) is 7.59. The lowest BCUT2D eigenvalue weighted by atomic mass is 9.95. The van der Waals surface area contributed by atoms with Crippen LogP contribution in [-0.2, 0) is 22.4 Å². The topological polar surface area (TPSA) is 92.8 Å². The van der Waals surface area contributed by atoms with Gasteiger partial charge in [-0.25, -0.2) is 4.79 Å². The normalized spacial score (nSPS) is 14.9. The highest BCUT2D eigenvalue weighted by atomic mass is 32.1. The highest BCUT2D eigenvalue weighted by Crippen LogP contribution is 2.38. The summed E-state index contributed by atoms with van der Waals surface area (Å²) >= 11 is 1.44. The third-order valence-corrected chi connectivity index (χ3v) is 6.77. The first-order chi connectivity index (χ1) is 15.0. The number of anilines is 1. The van der Waals surface area contributed by atoms with Gasteiger partial charge in [0.1, 0.15) is 5.00 Å². The zero-order valence-electron chi connectivity index (χ0n) is 17.4. The molecule has 4 rings (SSSR count). The van der Waals surface area contributed by atoms with Gasteiger partial charge in [-0.05, 0) is 56.7 Å². The Morgan fingerprint density at radius 2 is 1.77 bits per heavy atom. The maximum absolute atomic E-state index is 12.6. The van der Waals surface area contributed by atoms with E-state index in [1.54, 1.807) is 31.2 Å². The number of benzene rings is 1. The van der Waals surface area contributed by atoms with Crippen LogP contribution in [0.15, 0.2) is 24.3 Å². The van der Waals surface area contributed by atoms with E-state index >= 15 is 0 Å². The molecule has 1 aromatic heterocycles. The molecule has 0 atom stereocenters. The van der Waals surface area contributed by atoms with E-state index in [4.69, 9.17) is 4.74 Å². The second kappa shape index (κ2) is 9.01. The van der Waals surface area contributed by atoms with Gasteiger partial charge < -0.3 is 10.1 Å². The number of aryl methyl sites for hydroxylation is 1. The summed E-state index contributed by atoms with van der Waals surface area (Å²) in [6.07, 6.45) is 4.29. The van der Waals surface area contributed by atoms with Crippen LogP contribution in [0.4, 0.5) is 5.00 Å². The minimum atomic E-state index is -0.400. The first-order valence-corrected chi connectivity index (χ1v) is 11.4. The van der Waals surface area contributed by atoms with Gasteiger partial charge in [-0.2, -0.15) is 0 Å². The van der Waals surface area contributed by atoms with E-state index in [0.29, 0.717) is 28.1 Å². The predicted octanol–water partition coefficient (Wildman–Crippen LogP) is 3.82. The van der Waals surface area contributed by atoms with Crippen LogP contribution in [0.25, 0.3) is 0 Å². The highest BCUT2D eigenvalue weighted by Gasteiger charge is 2.34. The van der Waals surface area contributed by atoms with Crippen molar-refractivity contribution in [1.82, 2.24) is 4.90 Å². The van der Waals surface area contributed by atoms with Crippen LogP contribution in [0.1, 0.15) is 74.1 Å². The average Bonchev–Trinajstić information content (AvgIpc) is 3.24. The monoisotopic (exact) mass is 440 g/mol. The van der Waals surface area contributed by atoms with Crippen molar-refractivity contribution in [2.24, 2.45) is 0 Å². The molecule has 162 valence electrons. The smallest absolute Gasteiger partial charge is 0.341 e. The summed E-state index contributed by atoms with van der Waals surface area (Å²) in [5.41, 5.74) is 2.28. The number of carbonyl (C=O) groups excluding carboxylic acids is 4. The Hall–Kier alpha value is -3.00. The van der Waals surface area contributed by atoms with Crippen molar-refractivity contribution in [1.29, 1.82) is 0 Å². The number of ether oxygens (including phenoxy) is 1. The second-order valence-corrected chi connectivity index (χ2v) is 8.70. The van der Waals surface area contributed by atoms with E-state index < -0.39 is 5.97 Å². The van der Waals surface area contributed by atoms with Gasteiger partial charge in [0.05, 0.1) is 23.3 Å². The Labute approximate surface area is 184 Å². The minimum absolute atomic E-state index is 0.137. The molecule has 1 aromatic carbocycles. The summed E-state index contributed by atoms with van der Waals surface area (Å²) in [7, 11) is 0. The van der Waals surface area contributed by atoms with E-state index in [1.165, 1.54) is 16.2 Å². The number of fused-ring (bicyclic) bond motifs is 2. The van der Waals surface area contributed by atoms with Gasteiger partial charge in [-0.1, -0.05) is 12.1 Å². The summed E-state index contributed by atoms with van der Waals surface area (Å²) in [6, 6.07) is 6.72. The van der Waals surface area contributed by atoms with Crippen LogP contribution in [0.3, 0.4) is 0 Å². The number of esters is 1. The zero-order chi connectivity index (χ0) is 22.0. The van der Waals surface area contributed by atoms with Crippen molar-refractivity contribution >= 4 is 40.0 Å². The molecular weight excluding hydrogens is 416 g/mol. The van der Waals surface area contributed by atoms with Gasteiger partial charge in [-0.15, -0.1) is 11.3 Å². The Balaban J connectivity index is 1.39. The SMILES string of the molecule is CCOC(=O)c1c(NC(=O)CCCN2C(=O)c3ccccc3C2=O)sc2c1CCCC2. The standard InChI is InChI=1S/C23H24N2O5S/c1-2-30-23(29)19-16-10-5-6-11-17(16)31-20(19)24-18(26)12-7-13-25-21(27)14-8-3-4-9-15(14)22(25)28/h3-4,8-9H,2,5-7,10-13H2,1H3,(H,24,26). The first kappa shape index (κ1) is 21.2. The van der Waals surface area contributed by atoms with Crippen LogP contribution in [-0.4, -0.2) is 41.7 Å². The third kappa shape index (κ3) is 4.12. The number of imide groups is 1. The fraction of sp³-hybridized carbons (Fsp3) is 0.391. The molecule has 0 saturated heterocycles. The molecular formula is C23H24N2O5S. The van der Waals surface area contributed by atoms with E-state index in [9.17, 15) is 19.2 Å². The molecule has 0 radical (unpaired) electrons. The van der Waals surface area contributed by atoms with Crippen LogP contribution in [0.5, 0.6) is 0 Å². The number of nitrogens with zero attached hydrogens (tertiary/aromatic N) is 1. The number of thiophene rings is 1. The van der Waals surface area contributed by atoms with Crippen molar-refractivity contribution < 1.29 is 23.9 Å². The average molecular weight is 441 g/mol. The molecule has 2 aliphatic rings. The molecule has 0 unspecified atom stereocenters. The summed E-state index contributed by atoms with van der Waals surface area (Å²) in [5.74, 6) is -1.29. The predicted molar refractivity (Wildman–Crippen MR) is 117 cm³/mol. The van der Waals surface area contributed by atoms with Crippen molar-refractivity contribution in [3.8, 4) is 0 Å². The number of hydrogen-bond acceptors (Lipinski definition) is 6. The number of rotatable bonds is 7. The van der Waals surface area contributed by atoms with Crippen molar-refractivity contribution in [3.05, 3.63) is 51.4 Å². The maximum Gasteiger partial charge on any atom is 0.341 e. The van der Waals surface area contributed by atoms with E-state index in [0.717, 1.165) is 36.1 Å². The molecule has 31 heavy (non-hydrogen) atoms. The molecule has 2 aromatic rings. The van der Waals surface area contributed by atoms with Crippen molar-refractivity contribution in [3.63, 3.8) is 0 Å². The maximum atomic E-state index is 12.6. The van der Waals surface area contributed by atoms with Crippen molar-refractivity contribution in [2.75, 3.05) is 18.5 Å². The molecule has 7 nitrogen and oxygen atoms in total. The molecule has 0 saturated carbocycles. The zero-order valence-corrected chi connectivity index (χ0v) is 18.2. The molecule has 0 bridgehead atoms. The molecule has 3 amide bonds. The van der Waals surface area contributed by atoms with Crippen LogP contribution in [0.2, 0.25) is 0 Å². The molecule has 0 fully saturated rings. The summed E-state index contributed by atoms with van der Waals surface area (Å²) in [5, 5.41) is 3.40. The Morgan fingerprint density at radius 3 is 2.45 bits per heavy atom. The van der Waals surface area contributed by atoms with Gasteiger partial charge in [-0.3, -0.25) is 19.3 Å². The Morgan fingerprint density at radius 1 is 1.10 bits per heavy atom. The van der Waals surface area contributed by atoms with Crippen molar-refractivity contribution in [2.45, 2.75) is 45.4 Å². The quantitative estimate of drug-likeness (QED) is 0.522. The summed E-state index contributed by atoms with van der Waals surface area (Å²) in [4.78, 5) is 52.2. The van der Waals surface area contributed by atoms with E-state index in [2.05, 4.69) is 5.32 Å². The van der Waals surface area contributed by atoms with Crippen LogP contribution >= 0.6 is 11.3 Å². The Kier molecular flexibility index (Phi) is 6.18. The number of hydrogen-bond donors (Lipinski definition) is 1. The lowest BCUT2D eigenvalue weighted by Gasteiger charge is -2.13. The number of amides is 3. The summed E-state index contributed by atoms with van der Waals surface area (Å²) in [6.45, 7) is 2.21. The van der Waals surface area contributed by atoms with Crippen LogP contribution < -0.4 is 5.32 Å². The number of nitrogens with one attached hydrogen (secondary N) is 1. The lowest BCUT2D eigenvalue weighted by molar-refractivity contribution is -0.116. The van der Waals surface area contributed by atoms with Gasteiger partial charge in [0.2, 0.25) is 5.91 Å². The Bertz CT molecular complexity index is 1020. The lowest BCUT2D eigenvalue weighted by Crippen LogP contribution is -2.31. The fourth-order valence-corrected chi connectivity index (χ4v) is 5.40. The molecule has 0 spiro atoms. The first-order valence-electron chi connectivity index (χ1n) is 10.6. The van der Waals surface area contributed by atoms with Gasteiger partial charge in [0.15, 0.2) is 0 Å². The molecule has 1 aliphatic carbocycles. The number of carbonyl (C=O) groups is 4. The van der Waals surface area contributed by atoms with Gasteiger partial charge in [0.25, 0.3) is 11.8 Å². The van der Waals surface area contributed by atoms with Gasteiger partial charge >= 0.3 is 5.97 Å². The molecule has 1 aliphatic heterocycles. The van der Waals surface area contributed by atoms with Crippen LogP contribution in [0, 0.1) is 0 Å². The minimum Gasteiger partial charge on any atom is -0.462 e. The molecule has 1 N–H and O–H groups in total. The molecule has 8 heteroatoms. The van der Waals surface area contributed by atoms with Gasteiger partial charge in [0, 0.05) is 17.8 Å². The largest absolute Gasteiger partial charge is 0.462 e.